The first-order valence-corrected chi connectivity index (χ1v) is 14.2. The van der Waals surface area contributed by atoms with Crippen LogP contribution in [0.25, 0.3) is 0 Å². The number of anilines is 3. The minimum atomic E-state index is -0.171. The van der Waals surface area contributed by atoms with E-state index in [0.29, 0.717) is 17.4 Å². The number of benzene rings is 3. The van der Waals surface area contributed by atoms with E-state index < -0.39 is 0 Å². The predicted octanol–water partition coefficient (Wildman–Crippen LogP) is 8.29. The van der Waals surface area contributed by atoms with Crippen LogP contribution in [0.1, 0.15) is 67.3 Å². The third kappa shape index (κ3) is 4.99. The molecule has 3 aromatic carbocycles. The van der Waals surface area contributed by atoms with Crippen LogP contribution in [0.2, 0.25) is 0 Å². The third-order valence-electron chi connectivity index (χ3n) is 8.36. The Bertz CT molecular complexity index is 1600. The van der Waals surface area contributed by atoms with Crippen LogP contribution in [0.5, 0.6) is 11.5 Å². The predicted molar refractivity (Wildman–Crippen MR) is 158 cm³/mol. The first kappa shape index (κ1) is 27.7. The normalized spacial score (nSPS) is 20.1. The van der Waals surface area contributed by atoms with Crippen molar-refractivity contribution in [1.82, 2.24) is 4.98 Å². The molecule has 1 aromatic heterocycles. The Morgan fingerprint density at radius 2 is 1.63 bits per heavy atom. The van der Waals surface area contributed by atoms with Gasteiger partial charge in [-0.25, -0.2) is 4.98 Å². The number of ether oxygens (including phenoxy) is 2. The Hall–Kier alpha value is -3.43. The molecule has 0 N–H and O–H groups in total. The van der Waals surface area contributed by atoms with Crippen LogP contribution in [0.4, 0.5) is 17.2 Å². The third-order valence-corrected chi connectivity index (χ3v) is 8.36. The largest absolute Gasteiger partial charge is 2.00 e. The molecule has 41 heavy (non-hydrogen) atoms. The molecule has 7 rings (SSSR count). The molecule has 5 nitrogen and oxygen atoms in total. The number of hydrogen-bond donors (Lipinski definition) is 0. The summed E-state index contributed by atoms with van der Waals surface area (Å²) in [6.07, 6.45) is 6.65. The summed E-state index contributed by atoms with van der Waals surface area (Å²) in [6.45, 7) is 8.66. The van der Waals surface area contributed by atoms with Gasteiger partial charge in [-0.2, -0.15) is 5.56 Å². The summed E-state index contributed by atoms with van der Waals surface area (Å²) in [7, 11) is 0. The van der Waals surface area contributed by atoms with Gasteiger partial charge >= 0.3 is 21.1 Å². The van der Waals surface area contributed by atoms with Crippen LogP contribution in [0, 0.1) is 26.0 Å². The van der Waals surface area contributed by atoms with E-state index in [1.54, 1.807) is 0 Å². The first-order valence-electron chi connectivity index (χ1n) is 14.2. The van der Waals surface area contributed by atoms with E-state index in [9.17, 15) is 0 Å². The average Bonchev–Trinajstić information content (AvgIpc) is 3.37. The zero-order chi connectivity index (χ0) is 27.4. The second kappa shape index (κ2) is 10.8. The van der Waals surface area contributed by atoms with Crippen molar-refractivity contribution in [3.63, 3.8) is 0 Å². The van der Waals surface area contributed by atoms with Gasteiger partial charge in [-0.05, 0) is 37.0 Å². The maximum absolute atomic E-state index is 6.44. The van der Waals surface area contributed by atoms with Gasteiger partial charge in [0.25, 0.3) is 0 Å². The van der Waals surface area contributed by atoms with E-state index >= 15 is 0 Å². The van der Waals surface area contributed by atoms with Gasteiger partial charge in [0.2, 0.25) is 0 Å². The molecule has 0 radical (unpaired) electrons. The van der Waals surface area contributed by atoms with Crippen molar-refractivity contribution < 1.29 is 30.5 Å². The molecule has 3 heterocycles. The smallest absolute Gasteiger partial charge is 0.515 e. The monoisotopic (exact) mass is 722 g/mol. The number of nitrogens with zero attached hydrogens (tertiary/aromatic N) is 3. The van der Waals surface area contributed by atoms with Crippen molar-refractivity contribution in [3.8, 4) is 11.5 Å². The second-order valence-electron chi connectivity index (χ2n) is 11.7. The number of para-hydroxylation sites is 1. The van der Waals surface area contributed by atoms with Crippen LogP contribution in [0.15, 0.2) is 71.9 Å². The fourth-order valence-electron chi connectivity index (χ4n) is 6.39. The molecule has 3 aliphatic rings. The van der Waals surface area contributed by atoms with Crippen molar-refractivity contribution >= 4 is 23.1 Å². The summed E-state index contributed by atoms with van der Waals surface area (Å²) in [4.78, 5) is 11.9. The molecule has 2 aliphatic heterocycles. The molecular weight excluding hydrogens is 689 g/mol. The van der Waals surface area contributed by atoms with E-state index in [1.807, 2.05) is 24.4 Å². The number of fused-ring (bicyclic) bond motifs is 3. The number of aryl methyl sites for hydroxylation is 2. The van der Waals surface area contributed by atoms with Crippen LogP contribution in [-0.2, 0) is 31.2 Å². The number of pyridine rings is 1. The SMILES string of the molecule is Cc1cc(Oc2[c-]c(N3c4ccccc4C(C)(C)c4cccnc43)cc(C)c2)[c-]c(C2=N[C@H]3CCCC[C@@H]3O2)c1.[Pt+2]. The summed E-state index contributed by atoms with van der Waals surface area (Å²) >= 11 is 0. The molecule has 4 aromatic rings. The molecule has 1 fully saturated rings. The van der Waals surface area contributed by atoms with Crippen molar-refractivity contribution in [2.24, 2.45) is 4.99 Å². The van der Waals surface area contributed by atoms with Crippen LogP contribution in [-0.4, -0.2) is 23.0 Å². The molecule has 0 amide bonds. The summed E-state index contributed by atoms with van der Waals surface area (Å²) < 4.78 is 12.7. The van der Waals surface area contributed by atoms with Gasteiger partial charge in [0, 0.05) is 34.4 Å². The summed E-state index contributed by atoms with van der Waals surface area (Å²) in [5.41, 5.74) is 7.25. The van der Waals surface area contributed by atoms with Gasteiger partial charge in [0.05, 0.1) is 6.04 Å². The first-order chi connectivity index (χ1) is 19.4. The van der Waals surface area contributed by atoms with E-state index in [4.69, 9.17) is 19.5 Å². The van der Waals surface area contributed by atoms with Gasteiger partial charge in [-0.1, -0.05) is 81.8 Å². The Morgan fingerprint density at radius 3 is 2.46 bits per heavy atom. The topological polar surface area (TPSA) is 47.0 Å². The van der Waals surface area contributed by atoms with Crippen molar-refractivity contribution in [3.05, 3.63) is 107 Å². The van der Waals surface area contributed by atoms with Crippen molar-refractivity contribution in [1.29, 1.82) is 0 Å². The molecule has 0 unspecified atom stereocenters. The quantitative estimate of drug-likeness (QED) is 0.199. The van der Waals surface area contributed by atoms with Gasteiger partial charge in [0.1, 0.15) is 17.8 Å². The van der Waals surface area contributed by atoms with E-state index in [0.717, 1.165) is 46.7 Å². The molecule has 0 bridgehead atoms. The number of aromatic nitrogens is 1. The minimum Gasteiger partial charge on any atom is -0.515 e. The van der Waals surface area contributed by atoms with Crippen molar-refractivity contribution in [2.45, 2.75) is 70.9 Å². The second-order valence-corrected chi connectivity index (χ2v) is 11.7. The van der Waals surface area contributed by atoms with Crippen LogP contribution < -0.4 is 9.64 Å². The Morgan fingerprint density at radius 1 is 0.902 bits per heavy atom. The number of hydrogen-bond acceptors (Lipinski definition) is 5. The Kier molecular flexibility index (Phi) is 7.28. The molecular formula is C35H33N3O2Pt. The van der Waals surface area contributed by atoms with Gasteiger partial charge in [-0.3, -0.25) is 4.99 Å². The summed E-state index contributed by atoms with van der Waals surface area (Å²) in [5.74, 6) is 2.86. The molecule has 6 heteroatoms. The minimum absolute atomic E-state index is 0. The van der Waals surface area contributed by atoms with Crippen LogP contribution >= 0.6 is 0 Å². The summed E-state index contributed by atoms with van der Waals surface area (Å²) in [5, 5.41) is 0. The molecule has 0 spiro atoms. The Balaban J connectivity index is 0.00000302. The average molecular weight is 723 g/mol. The maximum Gasteiger partial charge on any atom is 2.00 e. The van der Waals surface area contributed by atoms with E-state index in [-0.39, 0.29) is 38.6 Å². The molecule has 1 saturated carbocycles. The van der Waals surface area contributed by atoms with E-state index in [2.05, 4.69) is 87.2 Å². The summed E-state index contributed by atoms with van der Waals surface area (Å²) in [6, 6.07) is 28.2. The molecule has 2 atom stereocenters. The van der Waals surface area contributed by atoms with Crippen LogP contribution in [0.3, 0.4) is 0 Å². The van der Waals surface area contributed by atoms with Crippen molar-refractivity contribution in [2.75, 3.05) is 4.90 Å². The zero-order valence-corrected chi connectivity index (χ0v) is 26.1. The molecule has 210 valence electrons. The number of aliphatic imine (C=N–C) groups is 1. The maximum atomic E-state index is 6.44. The molecule has 0 saturated heterocycles. The van der Waals surface area contributed by atoms with E-state index in [1.165, 1.54) is 24.0 Å². The molecule has 1 aliphatic carbocycles. The fraction of sp³-hybridized carbons (Fsp3) is 0.314. The fourth-order valence-corrected chi connectivity index (χ4v) is 6.39. The van der Waals surface area contributed by atoms with Gasteiger partial charge in [0.15, 0.2) is 0 Å². The Labute approximate surface area is 256 Å². The number of rotatable bonds is 4. The standard InChI is InChI=1S/C35H33N3O2.Pt/c1-22-16-24(34-37-30-12-6-8-14-32(30)40-34)20-26(18-22)39-27-19-23(2)17-25(21-27)38-31-13-7-5-10-28(31)35(3,4)29-11-9-15-36-33(29)38;/h5,7,9-11,13,15-19,30,32H,6,8,12,14H2,1-4H3;/q-2;+2/t30-,32-;/m0./s1. The van der Waals surface area contributed by atoms with Gasteiger partial charge in [-0.15, -0.1) is 29.8 Å². The zero-order valence-electron chi connectivity index (χ0n) is 23.8. The van der Waals surface area contributed by atoms with Gasteiger partial charge < -0.3 is 14.4 Å².